The van der Waals surface area contributed by atoms with Crippen LogP contribution >= 0.6 is 0 Å². The van der Waals surface area contributed by atoms with E-state index >= 15 is 0 Å². The van der Waals surface area contributed by atoms with Gasteiger partial charge in [0.25, 0.3) is 0 Å². The fourth-order valence-electron chi connectivity index (χ4n) is 3.91. The Morgan fingerprint density at radius 2 is 1.80 bits per heavy atom. The van der Waals surface area contributed by atoms with Gasteiger partial charge in [-0.15, -0.1) is 0 Å². The molecule has 2 aromatic carbocycles. The SMILES string of the molecule is CCN1CCN(c2nc(-c3ccc(OCCCC#N)cc3)cc3ccccc23)CC1. The standard InChI is InChI=1S/C25H28N4O/c1-2-28-14-16-29(17-15-28)25-23-8-4-3-7-21(23)19-24(27-25)20-9-11-22(12-10-20)30-18-6-5-13-26/h3-4,7-12,19H,2,5-6,14-18H2,1H3. The van der Waals surface area contributed by atoms with Gasteiger partial charge in [-0.25, -0.2) is 4.98 Å². The zero-order valence-electron chi connectivity index (χ0n) is 17.6. The molecule has 1 aliphatic rings. The van der Waals surface area contributed by atoms with Crippen molar-refractivity contribution in [2.45, 2.75) is 19.8 Å². The molecule has 0 radical (unpaired) electrons. The Kier molecular flexibility index (Phi) is 6.46. The summed E-state index contributed by atoms with van der Waals surface area (Å²) in [4.78, 5) is 10.00. The molecule has 1 fully saturated rings. The summed E-state index contributed by atoms with van der Waals surface area (Å²) in [6.07, 6.45) is 1.27. The minimum Gasteiger partial charge on any atom is -0.494 e. The van der Waals surface area contributed by atoms with Crippen molar-refractivity contribution < 1.29 is 4.74 Å². The molecule has 30 heavy (non-hydrogen) atoms. The number of anilines is 1. The van der Waals surface area contributed by atoms with Gasteiger partial charge in [0.2, 0.25) is 0 Å². The van der Waals surface area contributed by atoms with Crippen LogP contribution in [0.5, 0.6) is 5.75 Å². The minimum atomic E-state index is 0.522. The Labute approximate surface area is 178 Å². The first-order chi connectivity index (χ1) is 14.8. The van der Waals surface area contributed by atoms with Crippen LogP contribution in [0.15, 0.2) is 54.6 Å². The quantitative estimate of drug-likeness (QED) is 0.537. The molecule has 1 aromatic heterocycles. The molecule has 154 valence electrons. The third kappa shape index (κ3) is 4.55. The Hall–Kier alpha value is -3.10. The van der Waals surface area contributed by atoms with E-state index in [2.05, 4.69) is 65.3 Å². The van der Waals surface area contributed by atoms with Crippen molar-refractivity contribution in [1.82, 2.24) is 9.88 Å². The number of likely N-dealkylation sites (N-methyl/N-ethyl adjacent to an activating group) is 1. The number of benzene rings is 2. The molecule has 3 aromatic rings. The highest BCUT2D eigenvalue weighted by molar-refractivity contribution is 5.95. The molecule has 1 aliphatic heterocycles. The lowest BCUT2D eigenvalue weighted by Crippen LogP contribution is -2.46. The highest BCUT2D eigenvalue weighted by atomic mass is 16.5. The lowest BCUT2D eigenvalue weighted by molar-refractivity contribution is 0.271. The molecule has 5 heteroatoms. The maximum absolute atomic E-state index is 8.63. The Morgan fingerprint density at radius 1 is 1.03 bits per heavy atom. The first kappa shape index (κ1) is 20.2. The van der Waals surface area contributed by atoms with Crippen LogP contribution in [0, 0.1) is 11.3 Å². The number of fused-ring (bicyclic) bond motifs is 1. The summed E-state index contributed by atoms with van der Waals surface area (Å²) in [6, 6.07) is 20.9. The minimum absolute atomic E-state index is 0.522. The molecule has 4 rings (SSSR count). The second kappa shape index (κ2) is 9.60. The molecule has 1 saturated heterocycles. The molecule has 0 amide bonds. The van der Waals surface area contributed by atoms with Crippen LogP contribution in [0.3, 0.4) is 0 Å². The van der Waals surface area contributed by atoms with Crippen LogP contribution in [0.25, 0.3) is 22.0 Å². The summed E-state index contributed by atoms with van der Waals surface area (Å²) in [6.45, 7) is 8.06. The number of hydrogen-bond acceptors (Lipinski definition) is 5. The maximum Gasteiger partial charge on any atom is 0.137 e. The lowest BCUT2D eigenvalue weighted by atomic mass is 10.1. The van der Waals surface area contributed by atoms with Gasteiger partial charge < -0.3 is 14.5 Å². The van der Waals surface area contributed by atoms with Gasteiger partial charge in [0, 0.05) is 43.5 Å². The summed E-state index contributed by atoms with van der Waals surface area (Å²) in [5, 5.41) is 11.1. The average molecular weight is 401 g/mol. The number of rotatable bonds is 7. The summed E-state index contributed by atoms with van der Waals surface area (Å²) in [5.74, 6) is 1.91. The van der Waals surface area contributed by atoms with Crippen molar-refractivity contribution in [2.75, 3.05) is 44.2 Å². The van der Waals surface area contributed by atoms with Crippen LogP contribution in [0.4, 0.5) is 5.82 Å². The van der Waals surface area contributed by atoms with Crippen molar-refractivity contribution in [1.29, 1.82) is 5.26 Å². The van der Waals surface area contributed by atoms with E-state index in [4.69, 9.17) is 15.0 Å². The smallest absolute Gasteiger partial charge is 0.137 e. The first-order valence-corrected chi connectivity index (χ1v) is 10.8. The Morgan fingerprint density at radius 3 is 2.53 bits per heavy atom. The van der Waals surface area contributed by atoms with E-state index < -0.39 is 0 Å². The molecule has 5 nitrogen and oxygen atoms in total. The zero-order valence-corrected chi connectivity index (χ0v) is 17.6. The highest BCUT2D eigenvalue weighted by Gasteiger charge is 2.19. The Bertz CT molecular complexity index is 1020. The second-order valence-corrected chi connectivity index (χ2v) is 7.61. The number of piperazine rings is 1. The van der Waals surface area contributed by atoms with Crippen LogP contribution in [-0.2, 0) is 0 Å². The predicted molar refractivity (Wildman–Crippen MR) is 122 cm³/mol. The van der Waals surface area contributed by atoms with Crippen LogP contribution in [0.2, 0.25) is 0 Å². The summed E-state index contributed by atoms with van der Waals surface area (Å²) in [7, 11) is 0. The third-order valence-corrected chi connectivity index (χ3v) is 5.69. The maximum atomic E-state index is 8.63. The summed E-state index contributed by atoms with van der Waals surface area (Å²) < 4.78 is 5.72. The lowest BCUT2D eigenvalue weighted by Gasteiger charge is -2.35. The number of unbranched alkanes of at least 4 members (excludes halogenated alkanes) is 1. The highest BCUT2D eigenvalue weighted by Crippen LogP contribution is 2.31. The van der Waals surface area contributed by atoms with Gasteiger partial charge in [0.05, 0.1) is 18.4 Å². The van der Waals surface area contributed by atoms with E-state index in [-0.39, 0.29) is 0 Å². The van der Waals surface area contributed by atoms with Gasteiger partial charge in [-0.2, -0.15) is 5.26 Å². The largest absolute Gasteiger partial charge is 0.494 e. The fraction of sp³-hybridized carbons (Fsp3) is 0.360. The van der Waals surface area contributed by atoms with E-state index in [9.17, 15) is 0 Å². The molecular formula is C25H28N4O. The third-order valence-electron chi connectivity index (χ3n) is 5.69. The molecular weight excluding hydrogens is 372 g/mol. The van der Waals surface area contributed by atoms with E-state index in [0.717, 1.165) is 62.0 Å². The zero-order chi connectivity index (χ0) is 20.8. The number of aromatic nitrogens is 1. The molecule has 0 spiro atoms. The molecule has 0 unspecified atom stereocenters. The molecule has 0 aliphatic carbocycles. The second-order valence-electron chi connectivity index (χ2n) is 7.61. The topological polar surface area (TPSA) is 52.4 Å². The summed E-state index contributed by atoms with van der Waals surface area (Å²) in [5.41, 5.74) is 2.07. The average Bonchev–Trinajstić information content (AvgIpc) is 2.81. The van der Waals surface area contributed by atoms with Gasteiger partial charge >= 0.3 is 0 Å². The number of nitrogens with zero attached hydrogens (tertiary/aromatic N) is 4. The van der Waals surface area contributed by atoms with Crippen molar-refractivity contribution in [3.8, 4) is 23.1 Å². The van der Waals surface area contributed by atoms with Crippen LogP contribution < -0.4 is 9.64 Å². The fourth-order valence-corrected chi connectivity index (χ4v) is 3.91. The summed E-state index contributed by atoms with van der Waals surface area (Å²) >= 11 is 0. The van der Waals surface area contributed by atoms with Crippen LogP contribution in [-0.4, -0.2) is 49.2 Å². The number of nitriles is 1. The number of ether oxygens (including phenoxy) is 1. The normalized spacial score (nSPS) is 14.6. The monoisotopic (exact) mass is 400 g/mol. The van der Waals surface area contributed by atoms with Gasteiger partial charge in [0.15, 0.2) is 0 Å². The molecule has 2 heterocycles. The first-order valence-electron chi connectivity index (χ1n) is 10.8. The molecule has 0 N–H and O–H groups in total. The molecule has 0 bridgehead atoms. The van der Waals surface area contributed by atoms with E-state index in [1.54, 1.807) is 0 Å². The molecule has 0 saturated carbocycles. The van der Waals surface area contributed by atoms with E-state index in [0.29, 0.717) is 13.0 Å². The number of hydrogen-bond donors (Lipinski definition) is 0. The Balaban J connectivity index is 1.59. The van der Waals surface area contributed by atoms with Gasteiger partial charge in [-0.05, 0) is 48.7 Å². The van der Waals surface area contributed by atoms with Crippen molar-refractivity contribution in [3.63, 3.8) is 0 Å². The van der Waals surface area contributed by atoms with Crippen LogP contribution in [0.1, 0.15) is 19.8 Å². The van der Waals surface area contributed by atoms with E-state index in [1.807, 2.05) is 12.1 Å². The van der Waals surface area contributed by atoms with Gasteiger partial charge in [-0.1, -0.05) is 31.2 Å². The van der Waals surface area contributed by atoms with Gasteiger partial charge in [0.1, 0.15) is 11.6 Å². The van der Waals surface area contributed by atoms with Gasteiger partial charge in [-0.3, -0.25) is 0 Å². The predicted octanol–water partition coefficient (Wildman–Crippen LogP) is 4.73. The number of pyridine rings is 1. The molecule has 0 atom stereocenters. The van der Waals surface area contributed by atoms with Crippen molar-refractivity contribution in [3.05, 3.63) is 54.6 Å². The van der Waals surface area contributed by atoms with Crippen molar-refractivity contribution in [2.24, 2.45) is 0 Å². The van der Waals surface area contributed by atoms with E-state index in [1.165, 1.54) is 10.8 Å². The van der Waals surface area contributed by atoms with Crippen molar-refractivity contribution >= 4 is 16.6 Å².